The fourth-order valence-electron chi connectivity index (χ4n) is 1.90. The van der Waals surface area contributed by atoms with Crippen molar-refractivity contribution in [2.45, 2.75) is 38.7 Å². The van der Waals surface area contributed by atoms with E-state index in [4.69, 9.17) is 4.74 Å². The molecule has 14 heavy (non-hydrogen) atoms. The third-order valence-electron chi connectivity index (χ3n) is 2.56. The van der Waals surface area contributed by atoms with E-state index >= 15 is 0 Å². The molecular weight excluding hydrogens is 184 g/mol. The minimum Gasteiger partial charge on any atom is -0.469 e. The van der Waals surface area contributed by atoms with Crippen LogP contribution in [0.5, 0.6) is 0 Å². The van der Waals surface area contributed by atoms with Crippen molar-refractivity contribution in [3.05, 3.63) is 0 Å². The highest BCUT2D eigenvalue weighted by Crippen LogP contribution is 2.31. The van der Waals surface area contributed by atoms with Gasteiger partial charge in [0.15, 0.2) is 0 Å². The highest BCUT2D eigenvalue weighted by atomic mass is 16.5. The van der Waals surface area contributed by atoms with Crippen LogP contribution in [0.4, 0.5) is 0 Å². The number of hydrogen-bond acceptors (Lipinski definition) is 4. The van der Waals surface area contributed by atoms with Crippen LogP contribution in [-0.4, -0.2) is 25.2 Å². The number of rotatable bonds is 3. The Labute approximate surface area is 83.6 Å². The summed E-state index contributed by atoms with van der Waals surface area (Å²) < 4.78 is 9.71. The molecule has 0 spiro atoms. The fourth-order valence-corrected chi connectivity index (χ4v) is 1.90. The summed E-state index contributed by atoms with van der Waals surface area (Å²) in [6, 6.07) is 0. The summed E-state index contributed by atoms with van der Waals surface area (Å²) >= 11 is 0. The number of hydrogen-bond donors (Lipinski definition) is 0. The molecule has 1 rings (SSSR count). The van der Waals surface area contributed by atoms with Crippen LogP contribution in [0.25, 0.3) is 0 Å². The second-order valence-electron chi connectivity index (χ2n) is 3.62. The average molecular weight is 200 g/mol. The molecule has 0 unspecified atom stereocenters. The average Bonchev–Trinajstić information content (AvgIpc) is 2.52. The van der Waals surface area contributed by atoms with Crippen LogP contribution in [0.1, 0.15) is 32.6 Å². The summed E-state index contributed by atoms with van der Waals surface area (Å²) in [7, 11) is 1.37. The second kappa shape index (κ2) is 4.98. The van der Waals surface area contributed by atoms with E-state index in [0.29, 0.717) is 6.42 Å². The topological polar surface area (TPSA) is 52.6 Å². The van der Waals surface area contributed by atoms with Crippen molar-refractivity contribution in [3.8, 4) is 0 Å². The molecule has 1 aliphatic rings. The maximum absolute atomic E-state index is 11.0. The van der Waals surface area contributed by atoms with Crippen molar-refractivity contribution >= 4 is 11.9 Å². The van der Waals surface area contributed by atoms with E-state index in [9.17, 15) is 9.59 Å². The lowest BCUT2D eigenvalue weighted by molar-refractivity contribution is -0.151. The molecular formula is C10H16O4. The van der Waals surface area contributed by atoms with E-state index in [-0.39, 0.29) is 24.0 Å². The second-order valence-corrected chi connectivity index (χ2v) is 3.62. The third kappa shape index (κ3) is 3.01. The number of carbonyl (C=O) groups excluding carboxylic acids is 2. The molecule has 0 aliphatic heterocycles. The number of carbonyl (C=O) groups is 2. The van der Waals surface area contributed by atoms with Gasteiger partial charge in [-0.1, -0.05) is 0 Å². The minimum atomic E-state index is -0.272. The van der Waals surface area contributed by atoms with Crippen LogP contribution in [0.2, 0.25) is 0 Å². The van der Waals surface area contributed by atoms with Gasteiger partial charge in [0.2, 0.25) is 0 Å². The highest BCUT2D eigenvalue weighted by Gasteiger charge is 2.31. The first-order valence-corrected chi connectivity index (χ1v) is 4.87. The maximum atomic E-state index is 11.0. The van der Waals surface area contributed by atoms with Gasteiger partial charge in [0.1, 0.15) is 6.10 Å². The molecule has 4 heteroatoms. The Morgan fingerprint density at radius 3 is 2.64 bits per heavy atom. The third-order valence-corrected chi connectivity index (χ3v) is 2.56. The molecule has 0 heterocycles. The predicted octanol–water partition coefficient (Wildman–Crippen LogP) is 1.28. The molecule has 4 nitrogen and oxygen atoms in total. The molecule has 80 valence electrons. The lowest BCUT2D eigenvalue weighted by Crippen LogP contribution is -2.23. The van der Waals surface area contributed by atoms with Gasteiger partial charge >= 0.3 is 11.9 Å². The molecule has 1 saturated carbocycles. The van der Waals surface area contributed by atoms with Crippen molar-refractivity contribution in [2.75, 3.05) is 7.11 Å². The normalized spacial score (nSPS) is 25.9. The van der Waals surface area contributed by atoms with Crippen LogP contribution >= 0.6 is 0 Å². The van der Waals surface area contributed by atoms with Crippen molar-refractivity contribution < 1.29 is 19.1 Å². The summed E-state index contributed by atoms with van der Waals surface area (Å²) in [6.07, 6.45) is 3.08. The van der Waals surface area contributed by atoms with E-state index in [1.807, 2.05) is 0 Å². The zero-order chi connectivity index (χ0) is 10.6. The molecule has 0 N–H and O–H groups in total. The highest BCUT2D eigenvalue weighted by molar-refractivity contribution is 5.70. The summed E-state index contributed by atoms with van der Waals surface area (Å²) in [5, 5.41) is 0. The zero-order valence-corrected chi connectivity index (χ0v) is 8.62. The van der Waals surface area contributed by atoms with Gasteiger partial charge in [-0.3, -0.25) is 9.59 Å². The molecule has 0 radical (unpaired) electrons. The SMILES string of the molecule is COC(=O)C[C@@H]1CCC[C@H]1OC(C)=O. The lowest BCUT2D eigenvalue weighted by atomic mass is 10.0. The fraction of sp³-hybridized carbons (Fsp3) is 0.800. The summed E-state index contributed by atoms with van der Waals surface area (Å²) in [5.74, 6) is -0.354. The summed E-state index contributed by atoms with van der Waals surface area (Å²) in [5.41, 5.74) is 0. The van der Waals surface area contributed by atoms with Crippen molar-refractivity contribution in [3.63, 3.8) is 0 Å². The predicted molar refractivity (Wildman–Crippen MR) is 49.5 cm³/mol. The van der Waals surface area contributed by atoms with Crippen LogP contribution < -0.4 is 0 Å². The van der Waals surface area contributed by atoms with Crippen molar-refractivity contribution in [1.82, 2.24) is 0 Å². The molecule has 0 aromatic carbocycles. The molecule has 1 aliphatic carbocycles. The van der Waals surface area contributed by atoms with Gasteiger partial charge in [0, 0.05) is 12.8 Å². The van der Waals surface area contributed by atoms with Gasteiger partial charge < -0.3 is 9.47 Å². The quantitative estimate of drug-likeness (QED) is 0.644. The van der Waals surface area contributed by atoms with E-state index < -0.39 is 0 Å². The van der Waals surface area contributed by atoms with Gasteiger partial charge in [-0.25, -0.2) is 0 Å². The van der Waals surface area contributed by atoms with E-state index in [0.717, 1.165) is 19.3 Å². The molecule has 0 aromatic heterocycles. The van der Waals surface area contributed by atoms with Gasteiger partial charge in [-0.05, 0) is 19.3 Å². The van der Waals surface area contributed by atoms with Crippen LogP contribution in [-0.2, 0) is 19.1 Å². The van der Waals surface area contributed by atoms with Crippen LogP contribution in [0.15, 0.2) is 0 Å². The largest absolute Gasteiger partial charge is 0.469 e. The number of ether oxygens (including phenoxy) is 2. The first-order valence-electron chi connectivity index (χ1n) is 4.87. The molecule has 2 atom stereocenters. The van der Waals surface area contributed by atoms with Gasteiger partial charge in [0.05, 0.1) is 13.5 Å². The van der Waals surface area contributed by atoms with E-state index in [1.54, 1.807) is 0 Å². The molecule has 0 bridgehead atoms. The first-order chi connectivity index (χ1) is 6.63. The Kier molecular flexibility index (Phi) is 3.92. The van der Waals surface area contributed by atoms with Gasteiger partial charge in [-0.15, -0.1) is 0 Å². The number of esters is 2. The smallest absolute Gasteiger partial charge is 0.305 e. The van der Waals surface area contributed by atoms with E-state index in [2.05, 4.69) is 4.74 Å². The van der Waals surface area contributed by atoms with E-state index in [1.165, 1.54) is 14.0 Å². The Hall–Kier alpha value is -1.06. The molecule has 0 amide bonds. The van der Waals surface area contributed by atoms with Gasteiger partial charge in [0.25, 0.3) is 0 Å². The van der Waals surface area contributed by atoms with Crippen molar-refractivity contribution in [1.29, 1.82) is 0 Å². The van der Waals surface area contributed by atoms with Crippen LogP contribution in [0, 0.1) is 5.92 Å². The Morgan fingerprint density at radius 1 is 1.36 bits per heavy atom. The Balaban J connectivity index is 2.42. The molecule has 0 aromatic rings. The molecule has 0 saturated heterocycles. The Bertz CT molecular complexity index is 224. The number of methoxy groups -OCH3 is 1. The lowest BCUT2D eigenvalue weighted by Gasteiger charge is -2.17. The minimum absolute atomic E-state index is 0.0911. The standard InChI is InChI=1S/C10H16O4/c1-7(11)14-9-5-3-4-8(9)6-10(12)13-2/h8-9H,3-6H2,1-2H3/t8-,9+/m0/s1. The zero-order valence-electron chi connectivity index (χ0n) is 8.62. The monoisotopic (exact) mass is 200 g/mol. The van der Waals surface area contributed by atoms with Crippen LogP contribution in [0.3, 0.4) is 0 Å². The van der Waals surface area contributed by atoms with Gasteiger partial charge in [-0.2, -0.15) is 0 Å². The van der Waals surface area contributed by atoms with Crippen molar-refractivity contribution in [2.24, 2.45) is 5.92 Å². The maximum Gasteiger partial charge on any atom is 0.305 e. The molecule has 1 fully saturated rings. The first kappa shape index (κ1) is 11.0. The summed E-state index contributed by atoms with van der Waals surface area (Å²) in [4.78, 5) is 21.8. The Morgan fingerprint density at radius 2 is 2.07 bits per heavy atom. The summed E-state index contributed by atoms with van der Waals surface area (Å²) in [6.45, 7) is 1.40.